The van der Waals surface area contributed by atoms with Crippen molar-refractivity contribution in [2.24, 2.45) is 0 Å². The van der Waals surface area contributed by atoms with E-state index >= 15 is 0 Å². The summed E-state index contributed by atoms with van der Waals surface area (Å²) in [6, 6.07) is 12.6. The smallest absolute Gasteiger partial charge is 0.270 e. The van der Waals surface area contributed by atoms with E-state index in [-0.39, 0.29) is 23.7 Å². The second kappa shape index (κ2) is 9.86. The Bertz CT molecular complexity index is 864. The van der Waals surface area contributed by atoms with E-state index in [4.69, 9.17) is 4.74 Å². The summed E-state index contributed by atoms with van der Waals surface area (Å²) in [4.78, 5) is 36.5. The molecule has 0 spiro atoms. The molecule has 0 atom stereocenters. The molecular weight excluding hydrogens is 362 g/mol. The van der Waals surface area contributed by atoms with E-state index in [2.05, 4.69) is 11.9 Å². The van der Waals surface area contributed by atoms with E-state index < -0.39 is 10.8 Å². The van der Waals surface area contributed by atoms with Gasteiger partial charge in [0.1, 0.15) is 5.75 Å². The highest BCUT2D eigenvalue weighted by Gasteiger charge is 2.16. The van der Waals surface area contributed by atoms with Crippen LogP contribution in [0.1, 0.15) is 15.9 Å². The molecule has 0 unspecified atom stereocenters. The third kappa shape index (κ3) is 5.66. The third-order valence-corrected chi connectivity index (χ3v) is 3.95. The van der Waals surface area contributed by atoms with Crippen molar-refractivity contribution in [3.8, 4) is 5.75 Å². The topological polar surface area (TPSA) is 102 Å². The van der Waals surface area contributed by atoms with Crippen LogP contribution in [0.4, 0.5) is 5.69 Å². The predicted molar refractivity (Wildman–Crippen MR) is 104 cm³/mol. The van der Waals surface area contributed by atoms with Crippen LogP contribution in [0.3, 0.4) is 0 Å². The number of nitro groups is 1. The van der Waals surface area contributed by atoms with E-state index in [0.29, 0.717) is 13.1 Å². The van der Waals surface area contributed by atoms with E-state index in [1.165, 1.54) is 24.3 Å². The minimum Gasteiger partial charge on any atom is -0.497 e. The lowest BCUT2D eigenvalue weighted by atomic mass is 10.2. The normalized spacial score (nSPS) is 10.0. The Morgan fingerprint density at radius 2 is 1.96 bits per heavy atom. The monoisotopic (exact) mass is 383 g/mol. The van der Waals surface area contributed by atoms with Crippen LogP contribution in [0.2, 0.25) is 0 Å². The zero-order chi connectivity index (χ0) is 20.5. The highest BCUT2D eigenvalue weighted by molar-refractivity contribution is 5.96. The first-order chi connectivity index (χ1) is 13.4. The van der Waals surface area contributed by atoms with E-state index in [9.17, 15) is 19.7 Å². The molecule has 0 radical (unpaired) electrons. The van der Waals surface area contributed by atoms with Gasteiger partial charge in [-0.2, -0.15) is 0 Å². The number of non-ortho nitro benzene ring substituents is 1. The molecule has 8 heteroatoms. The van der Waals surface area contributed by atoms with Crippen LogP contribution in [-0.2, 0) is 11.3 Å². The van der Waals surface area contributed by atoms with Crippen molar-refractivity contribution in [2.75, 3.05) is 20.2 Å². The zero-order valence-electron chi connectivity index (χ0n) is 15.5. The number of rotatable bonds is 9. The average molecular weight is 383 g/mol. The Balaban J connectivity index is 1.99. The Labute approximate surface area is 162 Å². The summed E-state index contributed by atoms with van der Waals surface area (Å²) in [5.74, 6) is -0.135. The second-order valence-electron chi connectivity index (χ2n) is 5.90. The summed E-state index contributed by atoms with van der Waals surface area (Å²) >= 11 is 0. The number of nitro benzene ring substituents is 1. The highest BCUT2D eigenvalue weighted by Crippen LogP contribution is 2.14. The molecule has 0 aliphatic carbocycles. The Hall–Kier alpha value is -3.68. The Morgan fingerprint density at radius 1 is 1.25 bits per heavy atom. The Morgan fingerprint density at radius 3 is 2.57 bits per heavy atom. The molecule has 0 bridgehead atoms. The molecular formula is C20H21N3O5. The number of carbonyl (C=O) groups is 2. The van der Waals surface area contributed by atoms with Crippen LogP contribution in [0.15, 0.2) is 61.2 Å². The summed E-state index contributed by atoms with van der Waals surface area (Å²) in [5.41, 5.74) is 0.834. The lowest BCUT2D eigenvalue weighted by Gasteiger charge is -2.21. The minimum absolute atomic E-state index is 0.118. The number of ether oxygens (including phenoxy) is 1. The molecule has 0 heterocycles. The molecule has 0 saturated carbocycles. The Kier molecular flexibility index (Phi) is 7.27. The van der Waals surface area contributed by atoms with Gasteiger partial charge in [0, 0.05) is 30.8 Å². The van der Waals surface area contributed by atoms with Crippen LogP contribution in [0.5, 0.6) is 5.75 Å². The van der Waals surface area contributed by atoms with Gasteiger partial charge in [-0.15, -0.1) is 6.58 Å². The summed E-state index contributed by atoms with van der Waals surface area (Å²) in [6.45, 7) is 4.09. The SMILES string of the molecule is C=CCN(Cc1ccc(OC)cc1)C(=O)CNC(=O)c1cccc([N+](=O)[O-])c1. The first kappa shape index (κ1) is 20.6. The van der Waals surface area contributed by atoms with Crippen molar-refractivity contribution < 1.29 is 19.2 Å². The number of nitrogens with one attached hydrogen (secondary N) is 1. The fourth-order valence-corrected chi connectivity index (χ4v) is 2.49. The van der Waals surface area contributed by atoms with Gasteiger partial charge in [0.05, 0.1) is 18.6 Å². The summed E-state index contributed by atoms with van der Waals surface area (Å²) in [6.07, 6.45) is 1.60. The number of hydrogen-bond donors (Lipinski definition) is 1. The van der Waals surface area contributed by atoms with E-state index in [1.807, 2.05) is 12.1 Å². The van der Waals surface area contributed by atoms with Crippen molar-refractivity contribution in [2.45, 2.75) is 6.54 Å². The largest absolute Gasteiger partial charge is 0.497 e. The first-order valence-electron chi connectivity index (χ1n) is 8.49. The van der Waals surface area contributed by atoms with Gasteiger partial charge in [-0.1, -0.05) is 24.3 Å². The van der Waals surface area contributed by atoms with Crippen molar-refractivity contribution in [3.63, 3.8) is 0 Å². The van der Waals surface area contributed by atoms with Crippen LogP contribution in [0, 0.1) is 10.1 Å². The number of carbonyl (C=O) groups excluding carboxylic acids is 2. The van der Waals surface area contributed by atoms with Gasteiger partial charge in [0.2, 0.25) is 5.91 Å². The maximum Gasteiger partial charge on any atom is 0.270 e. The summed E-state index contributed by atoms with van der Waals surface area (Å²) in [7, 11) is 1.58. The second-order valence-corrected chi connectivity index (χ2v) is 5.90. The lowest BCUT2D eigenvalue weighted by Crippen LogP contribution is -2.40. The van der Waals surface area contributed by atoms with Crippen molar-refractivity contribution in [1.29, 1.82) is 0 Å². The number of hydrogen-bond acceptors (Lipinski definition) is 5. The molecule has 0 aliphatic rings. The molecule has 8 nitrogen and oxygen atoms in total. The van der Waals surface area contributed by atoms with Gasteiger partial charge in [0.15, 0.2) is 0 Å². The molecule has 0 fully saturated rings. The molecule has 2 amide bonds. The van der Waals surface area contributed by atoms with E-state index in [0.717, 1.165) is 11.3 Å². The predicted octanol–water partition coefficient (Wildman–Crippen LogP) is 2.55. The van der Waals surface area contributed by atoms with Gasteiger partial charge in [0.25, 0.3) is 11.6 Å². The fourth-order valence-electron chi connectivity index (χ4n) is 2.49. The molecule has 146 valence electrons. The van der Waals surface area contributed by atoms with Crippen LogP contribution in [-0.4, -0.2) is 41.8 Å². The third-order valence-electron chi connectivity index (χ3n) is 3.95. The molecule has 2 aromatic rings. The standard InChI is InChI=1S/C20H21N3O5/c1-3-11-22(14-15-7-9-18(28-2)10-8-15)19(24)13-21-20(25)16-5-4-6-17(12-16)23(26)27/h3-10,12H,1,11,13-14H2,2H3,(H,21,25). The fraction of sp³-hybridized carbons (Fsp3) is 0.200. The lowest BCUT2D eigenvalue weighted by molar-refractivity contribution is -0.384. The van der Waals surface area contributed by atoms with Crippen molar-refractivity contribution >= 4 is 17.5 Å². The van der Waals surface area contributed by atoms with Crippen molar-refractivity contribution in [3.05, 3.63) is 82.4 Å². The maximum absolute atomic E-state index is 12.5. The molecule has 0 aliphatic heterocycles. The van der Waals surface area contributed by atoms with Crippen LogP contribution < -0.4 is 10.1 Å². The molecule has 2 aromatic carbocycles. The minimum atomic E-state index is -0.581. The number of benzene rings is 2. The summed E-state index contributed by atoms with van der Waals surface area (Å²) < 4.78 is 5.11. The van der Waals surface area contributed by atoms with Gasteiger partial charge in [-0.05, 0) is 23.8 Å². The van der Waals surface area contributed by atoms with Gasteiger partial charge in [-0.3, -0.25) is 19.7 Å². The number of methoxy groups -OCH3 is 1. The molecule has 28 heavy (non-hydrogen) atoms. The quantitative estimate of drug-likeness (QED) is 0.407. The highest BCUT2D eigenvalue weighted by atomic mass is 16.6. The van der Waals surface area contributed by atoms with Crippen LogP contribution in [0.25, 0.3) is 0 Å². The molecule has 1 N–H and O–H groups in total. The molecule has 0 aromatic heterocycles. The summed E-state index contributed by atoms with van der Waals surface area (Å²) in [5, 5.41) is 13.3. The number of nitrogens with zero attached hydrogens (tertiary/aromatic N) is 2. The van der Waals surface area contributed by atoms with E-state index in [1.54, 1.807) is 30.2 Å². The first-order valence-corrected chi connectivity index (χ1v) is 8.49. The number of amides is 2. The van der Waals surface area contributed by atoms with Gasteiger partial charge < -0.3 is 15.0 Å². The van der Waals surface area contributed by atoms with Gasteiger partial charge in [-0.25, -0.2) is 0 Å². The van der Waals surface area contributed by atoms with Crippen LogP contribution >= 0.6 is 0 Å². The van der Waals surface area contributed by atoms with Crippen molar-refractivity contribution in [1.82, 2.24) is 10.2 Å². The zero-order valence-corrected chi connectivity index (χ0v) is 15.5. The maximum atomic E-state index is 12.5. The average Bonchev–Trinajstić information content (AvgIpc) is 2.72. The molecule has 2 rings (SSSR count). The van der Waals surface area contributed by atoms with Gasteiger partial charge >= 0.3 is 0 Å². The molecule has 0 saturated heterocycles.